The number of ether oxygens (including phenoxy) is 2. The van der Waals surface area contributed by atoms with Crippen LogP contribution in [0.25, 0.3) is 0 Å². The average molecular weight is 309 g/mol. The predicted octanol–water partition coefficient (Wildman–Crippen LogP) is 2.14. The lowest BCUT2D eigenvalue weighted by molar-refractivity contribution is -0.121. The Morgan fingerprint density at radius 2 is 2.32 bits per heavy atom. The third-order valence-corrected chi connectivity index (χ3v) is 3.47. The molecule has 22 heavy (non-hydrogen) atoms. The number of anilines is 1. The van der Waals surface area contributed by atoms with Crippen molar-refractivity contribution in [3.63, 3.8) is 0 Å². The number of amides is 1. The molecule has 1 atom stereocenters. The molecule has 1 aromatic rings. The van der Waals surface area contributed by atoms with Crippen LogP contribution in [0.15, 0.2) is 6.07 Å². The molecular weight excluding hydrogens is 282 g/mol. The molecule has 0 spiro atoms. The Balaban J connectivity index is 1.78. The van der Waals surface area contributed by atoms with Crippen LogP contribution in [0.4, 0.5) is 5.82 Å². The van der Waals surface area contributed by atoms with Gasteiger partial charge in [-0.3, -0.25) is 9.48 Å². The third-order valence-electron chi connectivity index (χ3n) is 3.47. The van der Waals surface area contributed by atoms with Crippen LogP contribution in [0.1, 0.15) is 39.3 Å². The molecule has 1 N–H and O–H groups in total. The Bertz CT molecular complexity index is 499. The van der Waals surface area contributed by atoms with Crippen molar-refractivity contribution in [2.45, 2.75) is 46.1 Å². The van der Waals surface area contributed by atoms with Crippen LogP contribution >= 0.6 is 0 Å². The van der Waals surface area contributed by atoms with Crippen LogP contribution in [-0.2, 0) is 27.7 Å². The van der Waals surface area contributed by atoms with Crippen LogP contribution in [0.3, 0.4) is 0 Å². The lowest BCUT2D eigenvalue weighted by atomic mass is 9.91. The van der Waals surface area contributed by atoms with Crippen LogP contribution in [0.2, 0.25) is 0 Å². The highest BCUT2D eigenvalue weighted by Crippen LogP contribution is 2.21. The highest BCUT2D eigenvalue weighted by atomic mass is 16.5. The molecule has 0 unspecified atom stereocenters. The maximum absolute atomic E-state index is 11.9. The van der Waals surface area contributed by atoms with Crippen molar-refractivity contribution in [1.29, 1.82) is 0 Å². The fraction of sp³-hybridized carbons (Fsp3) is 0.750. The molecule has 1 saturated heterocycles. The van der Waals surface area contributed by atoms with Crippen molar-refractivity contribution in [2.75, 3.05) is 25.1 Å². The van der Waals surface area contributed by atoms with E-state index in [4.69, 9.17) is 9.47 Å². The Morgan fingerprint density at radius 1 is 1.55 bits per heavy atom. The number of aryl methyl sites for hydroxylation is 1. The molecule has 1 fully saturated rings. The summed E-state index contributed by atoms with van der Waals surface area (Å²) in [6.45, 7) is 7.82. The highest BCUT2D eigenvalue weighted by Gasteiger charge is 2.17. The Morgan fingerprint density at radius 3 is 2.95 bits per heavy atom. The minimum Gasteiger partial charge on any atom is -0.376 e. The van der Waals surface area contributed by atoms with Crippen LogP contribution in [-0.4, -0.2) is 41.6 Å². The number of aromatic nitrogens is 2. The number of nitrogens with one attached hydrogen (secondary N) is 1. The number of hydrogen-bond donors (Lipinski definition) is 1. The van der Waals surface area contributed by atoms with Gasteiger partial charge in [0.05, 0.1) is 18.4 Å². The van der Waals surface area contributed by atoms with Gasteiger partial charge < -0.3 is 14.8 Å². The smallest absolute Gasteiger partial charge is 0.251 e. The summed E-state index contributed by atoms with van der Waals surface area (Å²) in [6.07, 6.45) is 3.10. The van der Waals surface area contributed by atoms with Gasteiger partial charge in [0.2, 0.25) is 0 Å². The average Bonchev–Trinajstić information content (AvgIpc) is 2.98. The van der Waals surface area contributed by atoms with E-state index in [1.807, 2.05) is 13.1 Å². The quantitative estimate of drug-likeness (QED) is 0.874. The summed E-state index contributed by atoms with van der Waals surface area (Å²) < 4.78 is 12.6. The Labute approximate surface area is 132 Å². The Hall–Kier alpha value is -1.40. The largest absolute Gasteiger partial charge is 0.376 e. The van der Waals surface area contributed by atoms with E-state index in [2.05, 4.69) is 31.2 Å². The van der Waals surface area contributed by atoms with Gasteiger partial charge in [-0.15, -0.1) is 0 Å². The van der Waals surface area contributed by atoms with E-state index < -0.39 is 0 Å². The number of carbonyl (C=O) groups excluding carboxylic acids is 1. The van der Waals surface area contributed by atoms with Crippen LogP contribution in [0, 0.1) is 5.41 Å². The van der Waals surface area contributed by atoms with E-state index in [0.29, 0.717) is 12.4 Å². The number of hydrogen-bond acceptors (Lipinski definition) is 4. The molecule has 2 heterocycles. The summed E-state index contributed by atoms with van der Waals surface area (Å²) in [5, 5.41) is 7.27. The van der Waals surface area contributed by atoms with E-state index >= 15 is 0 Å². The monoisotopic (exact) mass is 309 g/mol. The molecular formula is C16H27N3O3. The SMILES string of the molecule is Cn1nc(CC(C)(C)C)cc1NC(=O)COC[C@@H]1CCCO1. The van der Waals surface area contributed by atoms with Crippen molar-refractivity contribution in [3.8, 4) is 0 Å². The molecule has 0 saturated carbocycles. The Kier molecular flexibility index (Phi) is 5.58. The standard InChI is InChI=1S/C16H27N3O3/c1-16(2,3)9-12-8-14(19(4)18-12)17-15(20)11-21-10-13-6-5-7-22-13/h8,13H,5-7,9-11H2,1-4H3,(H,17,20)/t13-/m0/s1. The first-order valence-corrected chi connectivity index (χ1v) is 7.85. The zero-order valence-corrected chi connectivity index (χ0v) is 14.0. The minimum absolute atomic E-state index is 0.0413. The summed E-state index contributed by atoms with van der Waals surface area (Å²) in [5.74, 6) is 0.535. The fourth-order valence-corrected chi connectivity index (χ4v) is 2.51. The summed E-state index contributed by atoms with van der Waals surface area (Å²) in [7, 11) is 1.83. The maximum Gasteiger partial charge on any atom is 0.251 e. The molecule has 2 rings (SSSR count). The van der Waals surface area contributed by atoms with Crippen LogP contribution < -0.4 is 5.32 Å². The molecule has 1 aliphatic rings. The first kappa shape index (κ1) is 17.0. The molecule has 0 aromatic carbocycles. The summed E-state index contributed by atoms with van der Waals surface area (Å²) in [4.78, 5) is 11.9. The van der Waals surface area contributed by atoms with E-state index in [1.165, 1.54) is 0 Å². The van der Waals surface area contributed by atoms with Crippen LogP contribution in [0.5, 0.6) is 0 Å². The van der Waals surface area contributed by atoms with Gasteiger partial charge in [0.25, 0.3) is 5.91 Å². The molecule has 1 amide bonds. The second kappa shape index (κ2) is 7.24. The van der Waals surface area contributed by atoms with Crippen molar-refractivity contribution < 1.29 is 14.3 Å². The van der Waals surface area contributed by atoms with Gasteiger partial charge in [0.15, 0.2) is 0 Å². The van der Waals surface area contributed by atoms with Gasteiger partial charge in [0.1, 0.15) is 12.4 Å². The van der Waals surface area contributed by atoms with E-state index in [9.17, 15) is 4.79 Å². The lowest BCUT2D eigenvalue weighted by Gasteiger charge is -2.15. The molecule has 0 bridgehead atoms. The highest BCUT2D eigenvalue weighted by molar-refractivity contribution is 5.90. The van der Waals surface area contributed by atoms with Gasteiger partial charge in [-0.25, -0.2) is 0 Å². The van der Waals surface area contributed by atoms with E-state index in [-0.39, 0.29) is 24.0 Å². The van der Waals surface area contributed by atoms with Gasteiger partial charge in [-0.1, -0.05) is 20.8 Å². The zero-order valence-electron chi connectivity index (χ0n) is 14.0. The molecule has 0 radical (unpaired) electrons. The lowest BCUT2D eigenvalue weighted by Crippen LogP contribution is -2.23. The molecule has 6 nitrogen and oxygen atoms in total. The molecule has 124 valence electrons. The third kappa shape index (κ3) is 5.42. The van der Waals surface area contributed by atoms with Crippen molar-refractivity contribution >= 4 is 11.7 Å². The molecule has 6 heteroatoms. The van der Waals surface area contributed by atoms with E-state index in [0.717, 1.165) is 31.6 Å². The second-order valence-corrected chi connectivity index (χ2v) is 7.08. The number of carbonyl (C=O) groups is 1. The fourth-order valence-electron chi connectivity index (χ4n) is 2.51. The normalized spacial score (nSPS) is 18.6. The van der Waals surface area contributed by atoms with Crippen molar-refractivity contribution in [1.82, 2.24) is 9.78 Å². The molecule has 1 aliphatic heterocycles. The predicted molar refractivity (Wildman–Crippen MR) is 84.8 cm³/mol. The van der Waals surface area contributed by atoms with Crippen molar-refractivity contribution in [3.05, 3.63) is 11.8 Å². The minimum atomic E-state index is -0.164. The van der Waals surface area contributed by atoms with Gasteiger partial charge in [-0.05, 0) is 24.7 Å². The zero-order chi connectivity index (χ0) is 16.2. The first-order valence-electron chi connectivity index (χ1n) is 7.85. The number of rotatable bonds is 6. The first-order chi connectivity index (χ1) is 10.3. The molecule has 1 aromatic heterocycles. The van der Waals surface area contributed by atoms with Gasteiger partial charge in [-0.2, -0.15) is 5.10 Å². The summed E-state index contributed by atoms with van der Waals surface area (Å²) in [5.41, 5.74) is 1.14. The van der Waals surface area contributed by atoms with Gasteiger partial charge >= 0.3 is 0 Å². The number of nitrogens with zero attached hydrogens (tertiary/aromatic N) is 2. The second-order valence-electron chi connectivity index (χ2n) is 7.08. The van der Waals surface area contributed by atoms with Gasteiger partial charge in [0, 0.05) is 19.7 Å². The van der Waals surface area contributed by atoms with Crippen molar-refractivity contribution in [2.24, 2.45) is 12.5 Å². The van der Waals surface area contributed by atoms with E-state index in [1.54, 1.807) is 4.68 Å². The summed E-state index contributed by atoms with van der Waals surface area (Å²) >= 11 is 0. The molecule has 0 aliphatic carbocycles. The topological polar surface area (TPSA) is 65.4 Å². The maximum atomic E-state index is 11.9. The summed E-state index contributed by atoms with van der Waals surface area (Å²) in [6, 6.07) is 1.92.